The molecule has 132 valence electrons. The van der Waals surface area contributed by atoms with E-state index in [0.717, 1.165) is 35.4 Å². The molecule has 25 heavy (non-hydrogen) atoms. The molecule has 0 bridgehead atoms. The van der Waals surface area contributed by atoms with Crippen LogP contribution >= 0.6 is 0 Å². The van der Waals surface area contributed by atoms with Gasteiger partial charge in [-0.25, -0.2) is 8.42 Å². The maximum Gasteiger partial charge on any atom is 0.269 e. The van der Waals surface area contributed by atoms with Crippen LogP contribution in [0, 0.1) is 24.0 Å². The molecular formula is C17H18N2O5S. The van der Waals surface area contributed by atoms with Crippen molar-refractivity contribution in [3.63, 3.8) is 0 Å². The molecule has 0 spiro atoms. The number of amides is 1. The molecule has 2 aromatic carbocycles. The molecule has 8 heteroatoms. The predicted octanol–water partition coefficient (Wildman–Crippen LogP) is 3.01. The lowest BCUT2D eigenvalue weighted by molar-refractivity contribution is -0.384. The monoisotopic (exact) mass is 362 g/mol. The Morgan fingerprint density at radius 1 is 1.08 bits per heavy atom. The Hall–Kier alpha value is -2.74. The first-order chi connectivity index (χ1) is 11.6. The maximum atomic E-state index is 12.5. The van der Waals surface area contributed by atoms with Crippen molar-refractivity contribution in [2.24, 2.45) is 0 Å². The third-order valence-electron chi connectivity index (χ3n) is 3.99. The number of nitrogens with one attached hydrogen (secondary N) is 1. The summed E-state index contributed by atoms with van der Waals surface area (Å²) in [6, 6.07) is 9.76. The number of rotatable bonds is 5. The summed E-state index contributed by atoms with van der Waals surface area (Å²) in [4.78, 5) is 22.2. The van der Waals surface area contributed by atoms with Crippen LogP contribution in [-0.2, 0) is 14.6 Å². The van der Waals surface area contributed by atoms with Crippen molar-refractivity contribution in [3.05, 3.63) is 63.7 Å². The summed E-state index contributed by atoms with van der Waals surface area (Å²) in [7, 11) is -3.95. The van der Waals surface area contributed by atoms with Gasteiger partial charge in [0.1, 0.15) is 5.25 Å². The number of nitrogens with zero attached hydrogens (tertiary/aromatic N) is 1. The molecule has 0 aliphatic rings. The van der Waals surface area contributed by atoms with Gasteiger partial charge >= 0.3 is 0 Å². The van der Waals surface area contributed by atoms with Gasteiger partial charge < -0.3 is 5.32 Å². The van der Waals surface area contributed by atoms with Crippen molar-refractivity contribution in [1.82, 2.24) is 0 Å². The number of aryl methyl sites for hydroxylation is 2. The van der Waals surface area contributed by atoms with E-state index in [0.29, 0.717) is 5.69 Å². The standard InChI is InChI=1S/C17H18N2O5S/c1-11-4-5-14(10-12(11)2)18-17(20)13(3)25(23,24)16-8-6-15(7-9-16)19(21)22/h4-10,13H,1-3H3,(H,18,20). The van der Waals surface area contributed by atoms with E-state index in [1.807, 2.05) is 19.9 Å². The van der Waals surface area contributed by atoms with Crippen molar-refractivity contribution in [3.8, 4) is 0 Å². The van der Waals surface area contributed by atoms with Gasteiger partial charge in [-0.15, -0.1) is 0 Å². The normalized spacial score (nSPS) is 12.4. The van der Waals surface area contributed by atoms with Crippen LogP contribution in [0.3, 0.4) is 0 Å². The van der Waals surface area contributed by atoms with Crippen molar-refractivity contribution < 1.29 is 18.1 Å². The SMILES string of the molecule is Cc1ccc(NC(=O)C(C)S(=O)(=O)c2ccc([N+](=O)[O-])cc2)cc1C. The molecule has 2 rings (SSSR count). The smallest absolute Gasteiger partial charge is 0.269 e. The number of hydrogen-bond acceptors (Lipinski definition) is 5. The summed E-state index contributed by atoms with van der Waals surface area (Å²) in [5, 5.41) is 11.9. The lowest BCUT2D eigenvalue weighted by atomic mass is 10.1. The largest absolute Gasteiger partial charge is 0.325 e. The van der Waals surface area contributed by atoms with Gasteiger partial charge in [0.25, 0.3) is 5.69 Å². The molecule has 2 aromatic rings. The second-order valence-corrected chi connectivity index (χ2v) is 8.00. The summed E-state index contributed by atoms with van der Waals surface area (Å²) in [5.41, 5.74) is 2.33. The molecule has 1 amide bonds. The predicted molar refractivity (Wildman–Crippen MR) is 94.3 cm³/mol. The highest BCUT2D eigenvalue weighted by Crippen LogP contribution is 2.21. The number of sulfone groups is 1. The van der Waals surface area contributed by atoms with E-state index in [9.17, 15) is 23.3 Å². The Balaban J connectivity index is 2.21. The summed E-state index contributed by atoms with van der Waals surface area (Å²) in [6.45, 7) is 5.11. The van der Waals surface area contributed by atoms with Crippen LogP contribution in [0.25, 0.3) is 0 Å². The van der Waals surface area contributed by atoms with Crippen molar-refractivity contribution in [2.45, 2.75) is 30.9 Å². The van der Waals surface area contributed by atoms with E-state index >= 15 is 0 Å². The van der Waals surface area contributed by atoms with Gasteiger partial charge in [-0.05, 0) is 56.2 Å². The highest BCUT2D eigenvalue weighted by molar-refractivity contribution is 7.92. The lowest BCUT2D eigenvalue weighted by Crippen LogP contribution is -2.32. The van der Waals surface area contributed by atoms with Crippen LogP contribution < -0.4 is 5.32 Å². The minimum Gasteiger partial charge on any atom is -0.325 e. The van der Waals surface area contributed by atoms with E-state index < -0.39 is 25.9 Å². The Morgan fingerprint density at radius 3 is 2.20 bits per heavy atom. The molecule has 0 aliphatic heterocycles. The van der Waals surface area contributed by atoms with Crippen LogP contribution in [-0.4, -0.2) is 24.5 Å². The number of non-ortho nitro benzene ring substituents is 1. The second-order valence-electron chi connectivity index (χ2n) is 5.73. The van der Waals surface area contributed by atoms with Gasteiger partial charge in [-0.3, -0.25) is 14.9 Å². The van der Waals surface area contributed by atoms with Crippen LogP contribution in [0.5, 0.6) is 0 Å². The average molecular weight is 362 g/mol. The zero-order chi connectivity index (χ0) is 18.8. The number of nitro benzene ring substituents is 1. The molecule has 0 radical (unpaired) electrons. The van der Waals surface area contributed by atoms with E-state index in [1.165, 1.54) is 6.92 Å². The first-order valence-corrected chi connectivity index (χ1v) is 9.04. The van der Waals surface area contributed by atoms with E-state index in [1.54, 1.807) is 12.1 Å². The van der Waals surface area contributed by atoms with Gasteiger partial charge in [0.05, 0.1) is 9.82 Å². The van der Waals surface area contributed by atoms with Crippen molar-refractivity contribution >= 4 is 27.1 Å². The number of carbonyl (C=O) groups excluding carboxylic acids is 1. The number of benzene rings is 2. The van der Waals surface area contributed by atoms with Crippen molar-refractivity contribution in [1.29, 1.82) is 0 Å². The van der Waals surface area contributed by atoms with Crippen LogP contribution in [0.15, 0.2) is 47.4 Å². The summed E-state index contributed by atoms with van der Waals surface area (Å²) in [6.07, 6.45) is 0. The first kappa shape index (κ1) is 18.6. The molecular weight excluding hydrogens is 344 g/mol. The summed E-state index contributed by atoms with van der Waals surface area (Å²) >= 11 is 0. The van der Waals surface area contributed by atoms with E-state index in [4.69, 9.17) is 0 Å². The highest BCUT2D eigenvalue weighted by atomic mass is 32.2. The number of hydrogen-bond donors (Lipinski definition) is 1. The molecule has 1 unspecified atom stereocenters. The molecule has 0 aromatic heterocycles. The molecule has 0 fully saturated rings. The fourth-order valence-electron chi connectivity index (χ4n) is 2.17. The minimum atomic E-state index is -3.95. The molecule has 1 atom stereocenters. The molecule has 0 saturated heterocycles. The fraction of sp³-hybridized carbons (Fsp3) is 0.235. The van der Waals surface area contributed by atoms with Crippen LogP contribution in [0.1, 0.15) is 18.1 Å². The Bertz CT molecular complexity index is 921. The third kappa shape index (κ3) is 4.03. The minimum absolute atomic E-state index is 0.138. The van der Waals surface area contributed by atoms with E-state index in [-0.39, 0.29) is 10.6 Å². The summed E-state index contributed by atoms with van der Waals surface area (Å²) in [5.74, 6) is -0.665. The molecule has 0 heterocycles. The zero-order valence-corrected chi connectivity index (χ0v) is 14.8. The van der Waals surface area contributed by atoms with Gasteiger partial charge in [-0.2, -0.15) is 0 Å². The number of anilines is 1. The Labute approximate surface area is 145 Å². The second kappa shape index (κ2) is 7.02. The third-order valence-corrected chi connectivity index (χ3v) is 6.06. The lowest BCUT2D eigenvalue weighted by Gasteiger charge is -2.14. The van der Waals surface area contributed by atoms with E-state index in [2.05, 4.69) is 5.32 Å². The van der Waals surface area contributed by atoms with Crippen LogP contribution in [0.4, 0.5) is 11.4 Å². The topological polar surface area (TPSA) is 106 Å². The first-order valence-electron chi connectivity index (χ1n) is 7.49. The highest BCUT2D eigenvalue weighted by Gasteiger charge is 2.30. The number of nitro groups is 1. The van der Waals surface area contributed by atoms with Gasteiger partial charge in [-0.1, -0.05) is 6.07 Å². The Morgan fingerprint density at radius 2 is 1.68 bits per heavy atom. The molecule has 0 aliphatic carbocycles. The quantitative estimate of drug-likeness (QED) is 0.650. The summed E-state index contributed by atoms with van der Waals surface area (Å²) < 4.78 is 25.1. The van der Waals surface area contributed by atoms with Crippen LogP contribution in [0.2, 0.25) is 0 Å². The van der Waals surface area contributed by atoms with Gasteiger partial charge in [0.2, 0.25) is 5.91 Å². The maximum absolute atomic E-state index is 12.5. The molecule has 0 saturated carbocycles. The Kier molecular flexibility index (Phi) is 5.22. The zero-order valence-electron chi connectivity index (χ0n) is 14.0. The number of carbonyl (C=O) groups is 1. The van der Waals surface area contributed by atoms with Gasteiger partial charge in [0, 0.05) is 17.8 Å². The average Bonchev–Trinajstić information content (AvgIpc) is 2.57. The fourth-order valence-corrected chi connectivity index (χ4v) is 3.43. The van der Waals surface area contributed by atoms with Crippen molar-refractivity contribution in [2.75, 3.05) is 5.32 Å². The molecule has 1 N–H and O–H groups in total. The van der Waals surface area contributed by atoms with Gasteiger partial charge in [0.15, 0.2) is 9.84 Å². The molecule has 7 nitrogen and oxygen atoms in total.